The highest BCUT2D eigenvalue weighted by molar-refractivity contribution is 5.84. The maximum absolute atomic E-state index is 13.0. The van der Waals surface area contributed by atoms with Crippen LogP contribution < -0.4 is 16.6 Å². The van der Waals surface area contributed by atoms with E-state index in [0.717, 1.165) is 0 Å². The highest BCUT2D eigenvalue weighted by atomic mass is 19.1. The van der Waals surface area contributed by atoms with Gasteiger partial charge in [0.15, 0.2) is 0 Å². The molecular weight excluding hydrogens is 277 g/mol. The summed E-state index contributed by atoms with van der Waals surface area (Å²) >= 11 is 0. The van der Waals surface area contributed by atoms with Crippen molar-refractivity contribution in [1.29, 1.82) is 0 Å². The van der Waals surface area contributed by atoms with Crippen LogP contribution in [0.2, 0.25) is 0 Å². The number of nitrogens with one attached hydrogen (secondary N) is 2. The van der Waals surface area contributed by atoms with Crippen molar-refractivity contribution in [2.75, 3.05) is 13.7 Å². The third-order valence-electron chi connectivity index (χ3n) is 2.26. The molecule has 0 aromatic carbocycles. The van der Waals surface area contributed by atoms with Gasteiger partial charge in [0.1, 0.15) is 12.6 Å². The van der Waals surface area contributed by atoms with Gasteiger partial charge in [-0.15, -0.1) is 0 Å². The molecule has 9 nitrogen and oxygen atoms in total. The van der Waals surface area contributed by atoms with Crippen LogP contribution in [0.1, 0.15) is 0 Å². The largest absolute Gasteiger partial charge is 0.480 e. The normalized spacial score (nSPS) is 11.9. The number of H-pyrrole nitrogens is 1. The van der Waals surface area contributed by atoms with Crippen LogP contribution in [0.4, 0.5) is 4.39 Å². The molecule has 1 aromatic rings. The number of amides is 1. The molecule has 1 atom stereocenters. The molecule has 1 aromatic heterocycles. The number of hydrogen-bond donors (Lipinski definition) is 3. The summed E-state index contributed by atoms with van der Waals surface area (Å²) in [5.41, 5.74) is -2.19. The zero-order chi connectivity index (χ0) is 15.3. The van der Waals surface area contributed by atoms with Crippen molar-refractivity contribution in [2.45, 2.75) is 12.6 Å². The molecule has 1 amide bonds. The molecule has 10 heteroatoms. The third-order valence-corrected chi connectivity index (χ3v) is 2.26. The van der Waals surface area contributed by atoms with Crippen molar-refractivity contribution < 1.29 is 23.8 Å². The Morgan fingerprint density at radius 3 is 2.75 bits per heavy atom. The smallest absolute Gasteiger partial charge is 0.328 e. The Morgan fingerprint density at radius 1 is 1.55 bits per heavy atom. The lowest BCUT2D eigenvalue weighted by atomic mass is 10.3. The first-order chi connectivity index (χ1) is 9.35. The van der Waals surface area contributed by atoms with Crippen LogP contribution in [0.5, 0.6) is 0 Å². The summed E-state index contributed by atoms with van der Waals surface area (Å²) < 4.78 is 18.2. The van der Waals surface area contributed by atoms with E-state index in [1.165, 1.54) is 7.11 Å². The number of aromatic amines is 1. The van der Waals surface area contributed by atoms with Crippen LogP contribution in [-0.4, -0.2) is 46.3 Å². The number of carboxylic acid groups (broad SMARTS) is 1. The van der Waals surface area contributed by atoms with Crippen LogP contribution in [0.15, 0.2) is 15.8 Å². The fourth-order valence-corrected chi connectivity index (χ4v) is 1.37. The number of aromatic nitrogens is 2. The van der Waals surface area contributed by atoms with Gasteiger partial charge >= 0.3 is 11.7 Å². The predicted octanol–water partition coefficient (Wildman–Crippen LogP) is -2.11. The van der Waals surface area contributed by atoms with Crippen molar-refractivity contribution in [3.63, 3.8) is 0 Å². The van der Waals surface area contributed by atoms with Crippen LogP contribution in [0.3, 0.4) is 0 Å². The van der Waals surface area contributed by atoms with E-state index in [-0.39, 0.29) is 6.61 Å². The first-order valence-electron chi connectivity index (χ1n) is 5.35. The summed E-state index contributed by atoms with van der Waals surface area (Å²) in [6, 6.07) is -1.47. The summed E-state index contributed by atoms with van der Waals surface area (Å²) in [6.07, 6.45) is 0.569. The Balaban J connectivity index is 2.94. The number of aliphatic carboxylic acids is 1. The lowest BCUT2D eigenvalue weighted by molar-refractivity contribution is -0.142. The van der Waals surface area contributed by atoms with Gasteiger partial charge in [-0.2, -0.15) is 4.39 Å². The summed E-state index contributed by atoms with van der Waals surface area (Å²) in [6.45, 7) is -0.907. The number of hydrogen-bond acceptors (Lipinski definition) is 5. The number of rotatable bonds is 6. The highest BCUT2D eigenvalue weighted by Crippen LogP contribution is 1.92. The molecular formula is C10H12FN3O6. The molecule has 3 N–H and O–H groups in total. The summed E-state index contributed by atoms with van der Waals surface area (Å²) in [5, 5.41) is 11.0. The second-order valence-corrected chi connectivity index (χ2v) is 3.78. The molecule has 0 saturated carbocycles. The molecule has 0 aliphatic rings. The topological polar surface area (TPSA) is 130 Å². The van der Waals surface area contributed by atoms with Gasteiger partial charge in [0, 0.05) is 7.11 Å². The number of carboxylic acids is 1. The van der Waals surface area contributed by atoms with E-state index in [4.69, 9.17) is 5.11 Å². The first-order valence-corrected chi connectivity index (χ1v) is 5.35. The molecule has 0 saturated heterocycles. The molecule has 0 bridgehead atoms. The SMILES string of the molecule is COCC(=O)N[C@@H](Cn1cc(F)c(=O)[nH]c1=O)C(=O)O. The van der Waals surface area contributed by atoms with Gasteiger partial charge in [-0.1, -0.05) is 0 Å². The average Bonchev–Trinajstić information content (AvgIpc) is 2.35. The predicted molar refractivity (Wildman–Crippen MR) is 62.7 cm³/mol. The molecule has 0 aliphatic heterocycles. The summed E-state index contributed by atoms with van der Waals surface area (Å²) in [5.74, 6) is -3.37. The molecule has 0 fully saturated rings. The fraction of sp³-hybridized carbons (Fsp3) is 0.400. The van der Waals surface area contributed by atoms with Crippen LogP contribution in [0.25, 0.3) is 0 Å². The lowest BCUT2D eigenvalue weighted by Gasteiger charge is -2.15. The Labute approximate surface area is 111 Å². The van der Waals surface area contributed by atoms with Crippen molar-refractivity contribution in [1.82, 2.24) is 14.9 Å². The Kier molecular flexibility index (Phi) is 5.15. The molecule has 0 aliphatic carbocycles. The average molecular weight is 289 g/mol. The van der Waals surface area contributed by atoms with E-state index in [1.54, 1.807) is 4.98 Å². The molecule has 0 unspecified atom stereocenters. The van der Waals surface area contributed by atoms with E-state index >= 15 is 0 Å². The minimum absolute atomic E-state index is 0.362. The fourth-order valence-electron chi connectivity index (χ4n) is 1.37. The van der Waals surface area contributed by atoms with E-state index in [1.807, 2.05) is 0 Å². The number of methoxy groups -OCH3 is 1. The standard InChI is InChI=1S/C10H12FN3O6/c1-20-4-7(15)12-6(9(17)18)3-14-2-5(11)8(16)13-10(14)19/h2,6H,3-4H2,1H3,(H,12,15)(H,17,18)(H,13,16,19)/t6-/m0/s1. The highest BCUT2D eigenvalue weighted by Gasteiger charge is 2.21. The molecule has 0 radical (unpaired) electrons. The zero-order valence-corrected chi connectivity index (χ0v) is 10.4. The van der Waals surface area contributed by atoms with Crippen LogP contribution in [0, 0.1) is 5.82 Å². The Bertz CT molecular complexity index is 622. The van der Waals surface area contributed by atoms with Gasteiger partial charge in [-0.25, -0.2) is 9.59 Å². The van der Waals surface area contributed by atoms with Gasteiger partial charge < -0.3 is 15.2 Å². The molecule has 110 valence electrons. The molecule has 1 rings (SSSR count). The minimum Gasteiger partial charge on any atom is -0.480 e. The lowest BCUT2D eigenvalue weighted by Crippen LogP contribution is -2.47. The maximum atomic E-state index is 13.0. The van der Waals surface area contributed by atoms with Gasteiger partial charge in [0.25, 0.3) is 5.56 Å². The molecule has 1 heterocycles. The second kappa shape index (κ2) is 6.61. The first kappa shape index (κ1) is 15.6. The summed E-state index contributed by atoms with van der Waals surface area (Å²) in [7, 11) is 1.25. The maximum Gasteiger partial charge on any atom is 0.328 e. The number of nitrogens with zero attached hydrogens (tertiary/aromatic N) is 1. The van der Waals surface area contributed by atoms with Crippen molar-refractivity contribution >= 4 is 11.9 Å². The zero-order valence-electron chi connectivity index (χ0n) is 10.4. The number of ether oxygens (including phenoxy) is 1. The van der Waals surface area contributed by atoms with Crippen molar-refractivity contribution in [3.8, 4) is 0 Å². The van der Waals surface area contributed by atoms with Crippen molar-refractivity contribution in [2.24, 2.45) is 0 Å². The summed E-state index contributed by atoms with van der Waals surface area (Å²) in [4.78, 5) is 46.1. The van der Waals surface area contributed by atoms with E-state index in [9.17, 15) is 23.6 Å². The van der Waals surface area contributed by atoms with E-state index in [2.05, 4.69) is 10.1 Å². The molecule has 0 spiro atoms. The van der Waals surface area contributed by atoms with Gasteiger partial charge in [0.05, 0.1) is 12.7 Å². The molecule has 20 heavy (non-hydrogen) atoms. The van der Waals surface area contributed by atoms with Crippen LogP contribution in [-0.2, 0) is 20.9 Å². The minimum atomic E-state index is -1.47. The number of carbonyl (C=O) groups excluding carboxylic acids is 1. The van der Waals surface area contributed by atoms with Gasteiger partial charge in [-0.3, -0.25) is 19.1 Å². The van der Waals surface area contributed by atoms with Gasteiger partial charge in [-0.05, 0) is 0 Å². The second-order valence-electron chi connectivity index (χ2n) is 3.78. The quantitative estimate of drug-likeness (QED) is 0.549. The van der Waals surface area contributed by atoms with Crippen molar-refractivity contribution in [3.05, 3.63) is 32.9 Å². The number of halogens is 1. The van der Waals surface area contributed by atoms with Gasteiger partial charge in [0.2, 0.25) is 11.7 Å². The van der Waals surface area contributed by atoms with Crippen LogP contribution >= 0.6 is 0 Å². The monoisotopic (exact) mass is 289 g/mol. The third kappa shape index (κ3) is 4.02. The van der Waals surface area contributed by atoms with E-state index in [0.29, 0.717) is 10.8 Å². The Hall–Kier alpha value is -2.49. The van der Waals surface area contributed by atoms with E-state index < -0.39 is 41.5 Å². The Morgan fingerprint density at radius 2 is 2.20 bits per heavy atom. The number of carbonyl (C=O) groups is 2.